The summed E-state index contributed by atoms with van der Waals surface area (Å²) < 4.78 is 11.3. The summed E-state index contributed by atoms with van der Waals surface area (Å²) in [6.07, 6.45) is -0.192. The van der Waals surface area contributed by atoms with Gasteiger partial charge in [-0.1, -0.05) is 19.1 Å². The fraction of sp³-hybridized carbons (Fsp3) is 0.467. The third-order valence-corrected chi connectivity index (χ3v) is 3.77. The molecule has 1 aromatic carbocycles. The number of rotatable bonds is 1. The van der Waals surface area contributed by atoms with Crippen LogP contribution < -0.4 is 9.47 Å². The van der Waals surface area contributed by atoms with Gasteiger partial charge in [-0.2, -0.15) is 0 Å². The van der Waals surface area contributed by atoms with Crippen LogP contribution in [0.1, 0.15) is 13.3 Å². The number of likely N-dealkylation sites (tertiary alicyclic amines) is 1. The van der Waals surface area contributed by atoms with Crippen molar-refractivity contribution < 1.29 is 19.1 Å². The quantitative estimate of drug-likeness (QED) is 0.774. The number of ether oxygens (including phenoxy) is 2. The molecule has 0 N–H and O–H groups in total. The Morgan fingerprint density at radius 1 is 1.30 bits per heavy atom. The number of para-hydroxylation sites is 2. The van der Waals surface area contributed by atoms with Gasteiger partial charge < -0.3 is 14.4 Å². The Morgan fingerprint density at radius 2 is 2.05 bits per heavy atom. The van der Waals surface area contributed by atoms with Crippen LogP contribution in [0.3, 0.4) is 0 Å². The minimum Gasteiger partial charge on any atom is -0.485 e. The molecule has 0 aliphatic carbocycles. The predicted octanol–water partition coefficient (Wildman–Crippen LogP) is 1.26. The molecule has 3 rings (SSSR count). The van der Waals surface area contributed by atoms with Crippen molar-refractivity contribution in [3.63, 3.8) is 0 Å². The van der Waals surface area contributed by atoms with E-state index in [1.54, 1.807) is 11.0 Å². The fourth-order valence-corrected chi connectivity index (χ4v) is 2.56. The number of carbonyl (C=O) groups excluding carboxylic acids is 2. The molecule has 0 aromatic heterocycles. The average Bonchev–Trinajstić information content (AvgIpc) is 2.49. The van der Waals surface area contributed by atoms with Crippen molar-refractivity contribution in [2.24, 2.45) is 5.92 Å². The Morgan fingerprint density at radius 3 is 2.80 bits per heavy atom. The molecule has 5 heteroatoms. The highest BCUT2D eigenvalue weighted by Gasteiger charge is 2.34. The molecule has 1 fully saturated rings. The molecule has 20 heavy (non-hydrogen) atoms. The van der Waals surface area contributed by atoms with Crippen LogP contribution in [0.4, 0.5) is 0 Å². The Bertz CT molecular complexity index is 542. The lowest BCUT2D eigenvalue weighted by molar-refractivity contribution is -0.145. The van der Waals surface area contributed by atoms with Gasteiger partial charge in [0.2, 0.25) is 6.10 Å². The molecule has 0 spiro atoms. The first-order chi connectivity index (χ1) is 9.65. The van der Waals surface area contributed by atoms with Gasteiger partial charge in [-0.25, -0.2) is 0 Å². The molecule has 2 aliphatic heterocycles. The molecule has 2 heterocycles. The second-order valence-corrected chi connectivity index (χ2v) is 5.27. The van der Waals surface area contributed by atoms with Crippen LogP contribution >= 0.6 is 0 Å². The Balaban J connectivity index is 1.69. The second kappa shape index (κ2) is 5.15. The molecule has 5 nitrogen and oxygen atoms in total. The standard InChI is InChI=1S/C15H17NO4/c1-10-8-16(7-6-11(10)17)15(18)14-9-19-12-4-2-3-5-13(12)20-14/h2-5,10,14H,6-9H2,1H3. The van der Waals surface area contributed by atoms with Gasteiger partial charge in [0.05, 0.1) is 0 Å². The summed E-state index contributed by atoms with van der Waals surface area (Å²) in [7, 11) is 0. The molecule has 1 aromatic rings. The number of nitrogens with zero attached hydrogens (tertiary/aromatic N) is 1. The van der Waals surface area contributed by atoms with Gasteiger partial charge in [0.15, 0.2) is 11.5 Å². The van der Waals surface area contributed by atoms with Gasteiger partial charge in [0.25, 0.3) is 5.91 Å². The van der Waals surface area contributed by atoms with Crippen LogP contribution in [-0.2, 0) is 9.59 Å². The van der Waals surface area contributed by atoms with Gasteiger partial charge in [-0.15, -0.1) is 0 Å². The zero-order chi connectivity index (χ0) is 14.1. The lowest BCUT2D eigenvalue weighted by Gasteiger charge is -2.34. The number of piperidine rings is 1. The van der Waals surface area contributed by atoms with Gasteiger partial charge in [0.1, 0.15) is 12.4 Å². The van der Waals surface area contributed by atoms with Gasteiger partial charge >= 0.3 is 0 Å². The molecular formula is C15H17NO4. The number of ketones is 1. The largest absolute Gasteiger partial charge is 0.485 e. The van der Waals surface area contributed by atoms with E-state index in [1.807, 2.05) is 25.1 Å². The molecule has 1 saturated heterocycles. The predicted molar refractivity (Wildman–Crippen MR) is 71.7 cm³/mol. The summed E-state index contributed by atoms with van der Waals surface area (Å²) in [4.78, 5) is 25.6. The topological polar surface area (TPSA) is 55.8 Å². The third kappa shape index (κ3) is 2.35. The van der Waals surface area contributed by atoms with Crippen molar-refractivity contribution in [3.05, 3.63) is 24.3 Å². The molecule has 1 amide bonds. The zero-order valence-electron chi connectivity index (χ0n) is 11.4. The SMILES string of the molecule is CC1CN(C(=O)C2COc3ccccc3O2)CCC1=O. The van der Waals surface area contributed by atoms with Crippen molar-refractivity contribution in [3.8, 4) is 11.5 Å². The smallest absolute Gasteiger partial charge is 0.267 e. The van der Waals surface area contributed by atoms with Crippen molar-refractivity contribution in [2.45, 2.75) is 19.4 Å². The first kappa shape index (κ1) is 13.0. The van der Waals surface area contributed by atoms with E-state index in [4.69, 9.17) is 9.47 Å². The number of carbonyl (C=O) groups is 2. The lowest BCUT2D eigenvalue weighted by Crippen LogP contribution is -2.51. The maximum atomic E-state index is 12.4. The fourth-order valence-electron chi connectivity index (χ4n) is 2.56. The Labute approximate surface area is 117 Å². The minimum absolute atomic E-state index is 0.0931. The van der Waals surface area contributed by atoms with E-state index < -0.39 is 6.10 Å². The summed E-state index contributed by atoms with van der Waals surface area (Å²) >= 11 is 0. The van der Waals surface area contributed by atoms with Gasteiger partial charge in [-0.3, -0.25) is 9.59 Å². The highest BCUT2D eigenvalue weighted by atomic mass is 16.6. The number of Topliss-reactive ketones (excluding diaryl/α,β-unsaturated/α-hetero) is 1. The first-order valence-corrected chi connectivity index (χ1v) is 6.85. The highest BCUT2D eigenvalue weighted by Crippen LogP contribution is 2.31. The van der Waals surface area contributed by atoms with E-state index in [9.17, 15) is 9.59 Å². The summed E-state index contributed by atoms with van der Waals surface area (Å²) in [5.41, 5.74) is 0. The van der Waals surface area contributed by atoms with Crippen LogP contribution in [0.5, 0.6) is 11.5 Å². The van der Waals surface area contributed by atoms with Crippen LogP contribution in [0.15, 0.2) is 24.3 Å². The van der Waals surface area contributed by atoms with E-state index in [0.717, 1.165) is 0 Å². The molecule has 2 atom stereocenters. The van der Waals surface area contributed by atoms with Crippen LogP contribution in [0.2, 0.25) is 0 Å². The molecule has 106 valence electrons. The normalized spacial score (nSPS) is 25.4. The molecule has 0 saturated carbocycles. The average molecular weight is 275 g/mol. The van der Waals surface area contributed by atoms with Crippen LogP contribution in [-0.4, -0.2) is 42.4 Å². The van der Waals surface area contributed by atoms with Crippen molar-refractivity contribution in [2.75, 3.05) is 19.7 Å². The second-order valence-electron chi connectivity index (χ2n) is 5.27. The Hall–Kier alpha value is -2.04. The van der Waals surface area contributed by atoms with Crippen molar-refractivity contribution in [1.29, 1.82) is 0 Å². The molecule has 0 radical (unpaired) electrons. The number of amides is 1. The van der Waals surface area contributed by atoms with Gasteiger partial charge in [-0.05, 0) is 12.1 Å². The lowest BCUT2D eigenvalue weighted by atomic mass is 9.98. The summed E-state index contributed by atoms with van der Waals surface area (Å²) in [6.45, 7) is 3.02. The number of benzene rings is 1. The number of hydrogen-bond acceptors (Lipinski definition) is 4. The van der Waals surface area contributed by atoms with E-state index in [0.29, 0.717) is 31.0 Å². The maximum absolute atomic E-state index is 12.4. The summed E-state index contributed by atoms with van der Waals surface area (Å²) in [5, 5.41) is 0. The van der Waals surface area contributed by atoms with E-state index >= 15 is 0 Å². The summed E-state index contributed by atoms with van der Waals surface area (Å²) in [5.74, 6) is 1.29. The monoisotopic (exact) mass is 275 g/mol. The molecule has 2 unspecified atom stereocenters. The minimum atomic E-state index is -0.620. The van der Waals surface area contributed by atoms with Crippen LogP contribution in [0, 0.1) is 5.92 Å². The van der Waals surface area contributed by atoms with E-state index in [2.05, 4.69) is 0 Å². The van der Waals surface area contributed by atoms with Crippen molar-refractivity contribution >= 4 is 11.7 Å². The number of fused-ring (bicyclic) bond motifs is 1. The van der Waals surface area contributed by atoms with E-state index in [1.165, 1.54) is 0 Å². The van der Waals surface area contributed by atoms with E-state index in [-0.39, 0.29) is 24.2 Å². The maximum Gasteiger partial charge on any atom is 0.267 e. The molecule has 0 bridgehead atoms. The molecular weight excluding hydrogens is 258 g/mol. The zero-order valence-corrected chi connectivity index (χ0v) is 11.4. The highest BCUT2D eigenvalue weighted by molar-refractivity contribution is 5.87. The van der Waals surface area contributed by atoms with Crippen molar-refractivity contribution in [1.82, 2.24) is 4.90 Å². The number of hydrogen-bond donors (Lipinski definition) is 0. The van der Waals surface area contributed by atoms with Gasteiger partial charge in [0, 0.05) is 25.4 Å². The summed E-state index contributed by atoms with van der Waals surface area (Å²) in [6, 6.07) is 7.31. The third-order valence-electron chi connectivity index (χ3n) is 3.77. The first-order valence-electron chi connectivity index (χ1n) is 6.85. The molecule has 2 aliphatic rings. The Kier molecular flexibility index (Phi) is 3.34. The van der Waals surface area contributed by atoms with Crippen LogP contribution in [0.25, 0.3) is 0 Å².